The number of sulfonamides is 1. The van der Waals surface area contributed by atoms with E-state index in [0.717, 1.165) is 19.9 Å². The lowest BCUT2D eigenvalue weighted by atomic mass is 10.0. The first-order chi connectivity index (χ1) is 21.5. The largest absolute Gasteiger partial charge is 0.352 e. The van der Waals surface area contributed by atoms with Gasteiger partial charge >= 0.3 is 0 Å². The summed E-state index contributed by atoms with van der Waals surface area (Å²) in [7, 11) is -4.29. The van der Waals surface area contributed by atoms with Crippen molar-refractivity contribution < 1.29 is 18.0 Å². The zero-order valence-corrected chi connectivity index (χ0v) is 28.8. The van der Waals surface area contributed by atoms with Gasteiger partial charge in [-0.3, -0.25) is 13.9 Å². The van der Waals surface area contributed by atoms with Gasteiger partial charge in [0.05, 0.1) is 20.6 Å². The Morgan fingerprint density at radius 2 is 1.47 bits per heavy atom. The van der Waals surface area contributed by atoms with E-state index < -0.39 is 28.5 Å². The smallest absolute Gasteiger partial charge is 0.264 e. The Morgan fingerprint density at radius 3 is 2.09 bits per heavy atom. The maximum Gasteiger partial charge on any atom is 0.264 e. The second kappa shape index (κ2) is 15.8. The Hall–Kier alpha value is -3.37. The molecule has 0 saturated carbocycles. The molecular formula is C34H34BrCl2N3O4S. The fourth-order valence-corrected chi connectivity index (χ4v) is 6.86. The molecule has 45 heavy (non-hydrogen) atoms. The first-order valence-electron chi connectivity index (χ1n) is 14.4. The summed E-state index contributed by atoms with van der Waals surface area (Å²) in [6.45, 7) is 3.28. The van der Waals surface area contributed by atoms with E-state index in [1.54, 1.807) is 24.3 Å². The monoisotopic (exact) mass is 729 g/mol. The van der Waals surface area contributed by atoms with Crippen LogP contribution in [-0.4, -0.2) is 43.8 Å². The second-order valence-corrected chi connectivity index (χ2v) is 14.1. The number of carbonyl (C=O) groups is 2. The Balaban J connectivity index is 1.83. The van der Waals surface area contributed by atoms with Crippen LogP contribution in [0.15, 0.2) is 112 Å². The number of halogens is 3. The van der Waals surface area contributed by atoms with Crippen molar-refractivity contribution in [2.24, 2.45) is 0 Å². The van der Waals surface area contributed by atoms with Gasteiger partial charge in [-0.05, 0) is 60.9 Å². The molecule has 11 heteroatoms. The average molecular weight is 732 g/mol. The zero-order chi connectivity index (χ0) is 32.6. The minimum Gasteiger partial charge on any atom is -0.352 e. The van der Waals surface area contributed by atoms with E-state index in [1.165, 1.54) is 29.2 Å². The summed E-state index contributed by atoms with van der Waals surface area (Å²) in [5.74, 6) is -0.925. The summed E-state index contributed by atoms with van der Waals surface area (Å²) in [6.07, 6.45) is 0.912. The molecule has 0 unspecified atom stereocenters. The van der Waals surface area contributed by atoms with Gasteiger partial charge in [-0.25, -0.2) is 8.42 Å². The lowest BCUT2D eigenvalue weighted by molar-refractivity contribution is -0.140. The summed E-state index contributed by atoms with van der Waals surface area (Å²) < 4.78 is 30.0. The van der Waals surface area contributed by atoms with E-state index in [0.29, 0.717) is 6.42 Å². The van der Waals surface area contributed by atoms with Gasteiger partial charge in [-0.1, -0.05) is 113 Å². The van der Waals surface area contributed by atoms with Gasteiger partial charge in [0.25, 0.3) is 10.0 Å². The SMILES string of the molecule is CC[C@@H](C)NC(=O)[C@H](Cc1ccccc1)N(Cc1ccc(Br)cc1)C(=O)CN(c1cccc(Cl)c1Cl)S(=O)(=O)c1ccccc1. The highest BCUT2D eigenvalue weighted by molar-refractivity contribution is 9.10. The molecule has 0 bridgehead atoms. The molecule has 0 heterocycles. The molecule has 4 aromatic rings. The number of amides is 2. The number of hydrogen-bond acceptors (Lipinski definition) is 4. The van der Waals surface area contributed by atoms with E-state index in [2.05, 4.69) is 21.2 Å². The third-order valence-electron chi connectivity index (χ3n) is 7.35. The van der Waals surface area contributed by atoms with Crippen molar-refractivity contribution in [3.63, 3.8) is 0 Å². The molecule has 0 saturated heterocycles. The number of nitrogens with one attached hydrogen (secondary N) is 1. The zero-order valence-electron chi connectivity index (χ0n) is 24.9. The molecule has 0 fully saturated rings. The third-order valence-corrected chi connectivity index (χ3v) is 10.5. The summed E-state index contributed by atoms with van der Waals surface area (Å²) in [4.78, 5) is 29.8. The highest BCUT2D eigenvalue weighted by atomic mass is 79.9. The van der Waals surface area contributed by atoms with E-state index in [4.69, 9.17) is 23.2 Å². The van der Waals surface area contributed by atoms with Crippen molar-refractivity contribution in [1.29, 1.82) is 0 Å². The van der Waals surface area contributed by atoms with E-state index in [-0.39, 0.29) is 45.5 Å². The summed E-state index contributed by atoms with van der Waals surface area (Å²) >= 11 is 16.3. The van der Waals surface area contributed by atoms with Crippen LogP contribution in [0.25, 0.3) is 0 Å². The van der Waals surface area contributed by atoms with E-state index >= 15 is 0 Å². The number of rotatable bonds is 13. The number of hydrogen-bond donors (Lipinski definition) is 1. The minimum absolute atomic E-state index is 0.0127. The predicted octanol–water partition coefficient (Wildman–Crippen LogP) is 7.51. The fraction of sp³-hybridized carbons (Fsp3) is 0.235. The summed E-state index contributed by atoms with van der Waals surface area (Å²) in [5, 5.41) is 3.15. The molecular weight excluding hydrogens is 697 g/mol. The van der Waals surface area contributed by atoms with Crippen molar-refractivity contribution >= 4 is 66.7 Å². The normalized spacial score (nSPS) is 12.6. The van der Waals surface area contributed by atoms with Crippen molar-refractivity contribution in [2.75, 3.05) is 10.8 Å². The van der Waals surface area contributed by atoms with Gasteiger partial charge in [-0.2, -0.15) is 0 Å². The second-order valence-electron chi connectivity index (χ2n) is 10.6. The van der Waals surface area contributed by atoms with Gasteiger partial charge in [0, 0.05) is 23.5 Å². The minimum atomic E-state index is -4.29. The van der Waals surface area contributed by atoms with Gasteiger partial charge in [0.2, 0.25) is 11.8 Å². The van der Waals surface area contributed by atoms with Gasteiger partial charge in [0.15, 0.2) is 0 Å². The Kier molecular flexibility index (Phi) is 12.1. The molecule has 236 valence electrons. The van der Waals surface area contributed by atoms with Crippen LogP contribution in [0.3, 0.4) is 0 Å². The van der Waals surface area contributed by atoms with Crippen LogP contribution in [0.5, 0.6) is 0 Å². The van der Waals surface area contributed by atoms with Crippen LogP contribution in [0, 0.1) is 0 Å². The molecule has 0 spiro atoms. The number of carbonyl (C=O) groups excluding carboxylic acids is 2. The summed E-state index contributed by atoms with van der Waals surface area (Å²) in [5.41, 5.74) is 1.66. The molecule has 1 N–H and O–H groups in total. The molecule has 0 aromatic heterocycles. The molecule has 7 nitrogen and oxygen atoms in total. The first kappa shape index (κ1) is 34.5. The number of benzene rings is 4. The Labute approximate surface area is 283 Å². The third kappa shape index (κ3) is 8.88. The van der Waals surface area contributed by atoms with E-state index in [9.17, 15) is 18.0 Å². The Bertz CT molecular complexity index is 1710. The van der Waals surface area contributed by atoms with Crippen LogP contribution in [0.1, 0.15) is 31.4 Å². The van der Waals surface area contributed by atoms with Gasteiger partial charge in [0.1, 0.15) is 12.6 Å². The van der Waals surface area contributed by atoms with Crippen LogP contribution < -0.4 is 9.62 Å². The Morgan fingerprint density at radius 1 is 0.844 bits per heavy atom. The van der Waals surface area contributed by atoms with Crippen molar-refractivity contribution in [3.05, 3.63) is 129 Å². The van der Waals surface area contributed by atoms with Crippen molar-refractivity contribution in [1.82, 2.24) is 10.2 Å². The molecule has 2 atom stereocenters. The van der Waals surface area contributed by atoms with Crippen LogP contribution >= 0.6 is 39.1 Å². The molecule has 0 aliphatic rings. The van der Waals surface area contributed by atoms with Crippen molar-refractivity contribution in [2.45, 2.75) is 50.2 Å². The van der Waals surface area contributed by atoms with Gasteiger partial charge in [-0.15, -0.1) is 0 Å². The highest BCUT2D eigenvalue weighted by Crippen LogP contribution is 2.35. The molecule has 0 aliphatic carbocycles. The van der Waals surface area contributed by atoms with E-state index in [1.807, 2.05) is 68.4 Å². The standard InChI is InChI=1S/C34H34BrCl2N3O4S/c1-3-24(2)38-34(42)31(21-25-11-6-4-7-12-25)39(22-26-17-19-27(35)20-18-26)32(41)23-40(30-16-10-15-29(36)33(30)37)45(43,44)28-13-8-5-9-14-28/h4-20,24,31H,3,21-23H2,1-2H3,(H,38,42)/t24-,31+/m1/s1. The predicted molar refractivity (Wildman–Crippen MR) is 184 cm³/mol. The highest BCUT2D eigenvalue weighted by Gasteiger charge is 2.35. The lowest BCUT2D eigenvalue weighted by Gasteiger charge is -2.34. The number of nitrogens with zero attached hydrogens (tertiary/aromatic N) is 2. The number of anilines is 1. The fourth-order valence-electron chi connectivity index (χ4n) is 4.70. The van der Waals surface area contributed by atoms with Crippen LogP contribution in [0.4, 0.5) is 5.69 Å². The molecule has 0 aliphatic heterocycles. The van der Waals surface area contributed by atoms with Crippen molar-refractivity contribution in [3.8, 4) is 0 Å². The molecule has 0 radical (unpaired) electrons. The topological polar surface area (TPSA) is 86.8 Å². The maximum atomic E-state index is 14.5. The van der Waals surface area contributed by atoms with Gasteiger partial charge < -0.3 is 10.2 Å². The molecule has 2 amide bonds. The quantitative estimate of drug-likeness (QED) is 0.154. The van der Waals surface area contributed by atoms with Crippen LogP contribution in [0.2, 0.25) is 10.0 Å². The van der Waals surface area contributed by atoms with Crippen LogP contribution in [-0.2, 0) is 32.6 Å². The first-order valence-corrected chi connectivity index (χ1v) is 17.4. The average Bonchev–Trinajstić information content (AvgIpc) is 3.04. The molecule has 4 aromatic carbocycles. The maximum absolute atomic E-state index is 14.5. The lowest BCUT2D eigenvalue weighted by Crippen LogP contribution is -2.54. The molecule has 4 rings (SSSR count). The summed E-state index contributed by atoms with van der Waals surface area (Å²) in [6, 6.07) is 28.1.